The zero-order valence-electron chi connectivity index (χ0n) is 14.7. The van der Waals surface area contributed by atoms with E-state index in [1.807, 2.05) is 54.3 Å². The Bertz CT molecular complexity index is 907. The molecule has 0 bridgehead atoms. The average molecular weight is 344 g/mol. The van der Waals surface area contributed by atoms with Gasteiger partial charge in [0.15, 0.2) is 0 Å². The van der Waals surface area contributed by atoms with Crippen molar-refractivity contribution in [2.45, 2.75) is 19.9 Å². The van der Waals surface area contributed by atoms with Crippen LogP contribution in [0.4, 0.5) is 0 Å². The van der Waals surface area contributed by atoms with Gasteiger partial charge in [0.2, 0.25) is 0 Å². The Morgan fingerprint density at radius 1 is 1.15 bits per heavy atom. The summed E-state index contributed by atoms with van der Waals surface area (Å²) in [5, 5.41) is 13.2. The second kappa shape index (κ2) is 8.13. The van der Waals surface area contributed by atoms with E-state index in [9.17, 15) is 4.79 Å². The van der Waals surface area contributed by atoms with Gasteiger partial charge in [0.1, 0.15) is 0 Å². The third-order valence-corrected chi connectivity index (χ3v) is 4.09. The average Bonchev–Trinajstić information content (AvgIpc) is 3.18. The number of aromatic nitrogens is 2. The summed E-state index contributed by atoms with van der Waals surface area (Å²) in [5.74, 6) is -0.0432. The lowest BCUT2D eigenvalue weighted by Gasteiger charge is -2.21. The maximum absolute atomic E-state index is 12.9. The van der Waals surface area contributed by atoms with Crippen LogP contribution in [0.15, 0.2) is 67.0 Å². The summed E-state index contributed by atoms with van der Waals surface area (Å²) in [6, 6.07) is 19.2. The summed E-state index contributed by atoms with van der Waals surface area (Å²) in [5.41, 5.74) is 3.10. The van der Waals surface area contributed by atoms with Crippen molar-refractivity contribution in [3.63, 3.8) is 0 Å². The summed E-state index contributed by atoms with van der Waals surface area (Å²) >= 11 is 0. The van der Waals surface area contributed by atoms with Gasteiger partial charge in [0, 0.05) is 19.3 Å². The van der Waals surface area contributed by atoms with Gasteiger partial charge in [-0.2, -0.15) is 10.4 Å². The number of benzene rings is 2. The molecule has 0 radical (unpaired) electrons. The van der Waals surface area contributed by atoms with Crippen LogP contribution in [-0.2, 0) is 6.54 Å². The van der Waals surface area contributed by atoms with Crippen molar-refractivity contribution in [1.82, 2.24) is 14.7 Å². The second-order valence-corrected chi connectivity index (χ2v) is 6.04. The van der Waals surface area contributed by atoms with E-state index in [0.29, 0.717) is 24.2 Å². The van der Waals surface area contributed by atoms with Crippen molar-refractivity contribution in [3.05, 3.63) is 83.7 Å². The Hall–Kier alpha value is -3.39. The standard InChI is InChI=1S/C21H20N4O/c1-2-12-24(15-18-10-8-17(13-22)9-11-18)21(26)19-14-23-25(16-19)20-6-4-3-5-7-20/h3-11,14,16H,2,12,15H2,1H3. The number of hydrogen-bond donors (Lipinski definition) is 0. The number of carbonyl (C=O) groups is 1. The molecule has 3 aromatic rings. The first-order valence-electron chi connectivity index (χ1n) is 8.59. The summed E-state index contributed by atoms with van der Waals surface area (Å²) in [7, 11) is 0. The molecule has 1 aromatic heterocycles. The van der Waals surface area contributed by atoms with E-state index in [1.165, 1.54) is 0 Å². The number of nitriles is 1. The first kappa shape index (κ1) is 17.4. The molecular weight excluding hydrogens is 324 g/mol. The smallest absolute Gasteiger partial charge is 0.257 e. The highest BCUT2D eigenvalue weighted by Gasteiger charge is 2.17. The van der Waals surface area contributed by atoms with Crippen molar-refractivity contribution in [3.8, 4) is 11.8 Å². The SMILES string of the molecule is CCCN(Cc1ccc(C#N)cc1)C(=O)c1cnn(-c2ccccc2)c1. The summed E-state index contributed by atoms with van der Waals surface area (Å²) < 4.78 is 1.71. The van der Waals surface area contributed by atoms with Crippen LogP contribution in [0.3, 0.4) is 0 Å². The first-order chi connectivity index (χ1) is 12.7. The molecule has 0 N–H and O–H groups in total. The van der Waals surface area contributed by atoms with Gasteiger partial charge < -0.3 is 4.90 Å². The van der Waals surface area contributed by atoms with Crippen LogP contribution >= 0.6 is 0 Å². The third-order valence-electron chi connectivity index (χ3n) is 4.09. The monoisotopic (exact) mass is 344 g/mol. The van der Waals surface area contributed by atoms with E-state index in [4.69, 9.17) is 5.26 Å². The second-order valence-electron chi connectivity index (χ2n) is 6.04. The van der Waals surface area contributed by atoms with Crippen LogP contribution in [0.2, 0.25) is 0 Å². The molecule has 0 atom stereocenters. The first-order valence-corrected chi connectivity index (χ1v) is 8.59. The summed E-state index contributed by atoms with van der Waals surface area (Å²) in [4.78, 5) is 14.7. The Balaban J connectivity index is 1.78. The Morgan fingerprint density at radius 2 is 1.88 bits per heavy atom. The number of amides is 1. The van der Waals surface area contributed by atoms with Crippen molar-refractivity contribution < 1.29 is 4.79 Å². The van der Waals surface area contributed by atoms with Crippen LogP contribution in [0.25, 0.3) is 5.69 Å². The van der Waals surface area contributed by atoms with Crippen LogP contribution in [0.1, 0.15) is 34.8 Å². The molecule has 1 amide bonds. The molecule has 0 aliphatic rings. The normalized spacial score (nSPS) is 10.3. The van der Waals surface area contributed by atoms with E-state index in [-0.39, 0.29) is 5.91 Å². The van der Waals surface area contributed by atoms with Crippen molar-refractivity contribution in [1.29, 1.82) is 5.26 Å². The fraction of sp³-hybridized carbons (Fsp3) is 0.190. The van der Waals surface area contributed by atoms with Crippen molar-refractivity contribution in [2.24, 2.45) is 0 Å². The lowest BCUT2D eigenvalue weighted by Crippen LogP contribution is -2.31. The Labute approximate surface area is 153 Å². The number of rotatable bonds is 6. The van der Waals surface area contributed by atoms with Gasteiger partial charge in [0.05, 0.1) is 29.1 Å². The molecular formula is C21H20N4O. The minimum absolute atomic E-state index is 0.0432. The Morgan fingerprint density at radius 3 is 2.54 bits per heavy atom. The number of nitrogens with zero attached hydrogens (tertiary/aromatic N) is 4. The number of hydrogen-bond acceptors (Lipinski definition) is 3. The highest BCUT2D eigenvalue weighted by Crippen LogP contribution is 2.13. The van der Waals surface area contributed by atoms with Gasteiger partial charge in [-0.3, -0.25) is 4.79 Å². The molecule has 0 spiro atoms. The zero-order chi connectivity index (χ0) is 18.4. The molecule has 130 valence electrons. The molecule has 5 heteroatoms. The van der Waals surface area contributed by atoms with Crippen LogP contribution < -0.4 is 0 Å². The van der Waals surface area contributed by atoms with Crippen molar-refractivity contribution >= 4 is 5.91 Å². The highest BCUT2D eigenvalue weighted by atomic mass is 16.2. The highest BCUT2D eigenvalue weighted by molar-refractivity contribution is 5.93. The lowest BCUT2D eigenvalue weighted by molar-refractivity contribution is 0.0743. The minimum Gasteiger partial charge on any atom is -0.334 e. The van der Waals surface area contributed by atoms with E-state index >= 15 is 0 Å². The zero-order valence-corrected chi connectivity index (χ0v) is 14.7. The molecule has 0 saturated carbocycles. The fourth-order valence-electron chi connectivity index (χ4n) is 2.77. The van der Waals surface area contributed by atoms with Gasteiger partial charge >= 0.3 is 0 Å². The third kappa shape index (κ3) is 3.98. The van der Waals surface area contributed by atoms with Gasteiger partial charge in [-0.25, -0.2) is 4.68 Å². The predicted octanol–water partition coefficient (Wildman–Crippen LogP) is 3.80. The van der Waals surface area contributed by atoms with Gasteiger partial charge in [-0.15, -0.1) is 0 Å². The van der Waals surface area contributed by atoms with Gasteiger partial charge in [0.25, 0.3) is 5.91 Å². The summed E-state index contributed by atoms with van der Waals surface area (Å²) in [6.45, 7) is 3.22. The summed E-state index contributed by atoms with van der Waals surface area (Å²) in [6.07, 6.45) is 4.24. The molecule has 0 fully saturated rings. The maximum atomic E-state index is 12.9. The van der Waals surface area contributed by atoms with E-state index in [1.54, 1.807) is 29.2 Å². The Kier molecular flexibility index (Phi) is 5.45. The lowest BCUT2D eigenvalue weighted by atomic mass is 10.1. The van der Waals surface area contributed by atoms with E-state index in [2.05, 4.69) is 11.2 Å². The number of para-hydroxylation sites is 1. The molecule has 1 heterocycles. The molecule has 3 rings (SSSR count). The molecule has 5 nitrogen and oxygen atoms in total. The number of carbonyl (C=O) groups excluding carboxylic acids is 1. The fourth-order valence-corrected chi connectivity index (χ4v) is 2.77. The topological polar surface area (TPSA) is 61.9 Å². The van der Waals surface area contributed by atoms with Crippen molar-refractivity contribution in [2.75, 3.05) is 6.54 Å². The van der Waals surface area contributed by atoms with Crippen LogP contribution in [0, 0.1) is 11.3 Å². The van der Waals surface area contributed by atoms with Gasteiger partial charge in [-0.1, -0.05) is 37.3 Å². The molecule has 0 saturated heterocycles. The van der Waals surface area contributed by atoms with Crippen LogP contribution in [0.5, 0.6) is 0 Å². The van der Waals surface area contributed by atoms with Gasteiger partial charge in [-0.05, 0) is 36.2 Å². The molecule has 0 aliphatic carbocycles. The largest absolute Gasteiger partial charge is 0.334 e. The van der Waals surface area contributed by atoms with E-state index < -0.39 is 0 Å². The quantitative estimate of drug-likeness (QED) is 0.683. The molecule has 26 heavy (non-hydrogen) atoms. The molecule has 2 aromatic carbocycles. The molecule has 0 unspecified atom stereocenters. The predicted molar refractivity (Wildman–Crippen MR) is 99.8 cm³/mol. The van der Waals surface area contributed by atoms with E-state index in [0.717, 1.165) is 17.7 Å². The molecule has 0 aliphatic heterocycles. The van der Waals surface area contributed by atoms with Crippen LogP contribution in [-0.4, -0.2) is 27.1 Å². The minimum atomic E-state index is -0.0432. The maximum Gasteiger partial charge on any atom is 0.257 e.